The van der Waals surface area contributed by atoms with Gasteiger partial charge in [-0.2, -0.15) is 5.26 Å². The van der Waals surface area contributed by atoms with E-state index in [9.17, 15) is 0 Å². The predicted octanol–water partition coefficient (Wildman–Crippen LogP) is 1.24. The topological polar surface area (TPSA) is 54.5 Å². The number of aryl methyl sites for hydroxylation is 1. The summed E-state index contributed by atoms with van der Waals surface area (Å²) in [6.45, 7) is 2.83. The number of rotatable bonds is 2. The lowest BCUT2D eigenvalue weighted by Gasteiger charge is -2.32. The van der Waals surface area contributed by atoms with Crippen molar-refractivity contribution in [1.29, 1.82) is 5.26 Å². The van der Waals surface area contributed by atoms with Gasteiger partial charge in [-0.25, -0.2) is 0 Å². The summed E-state index contributed by atoms with van der Waals surface area (Å²) in [6.07, 6.45) is 4.90. The second kappa shape index (κ2) is 2.84. The second-order valence-electron chi connectivity index (χ2n) is 3.51. The fraction of sp³-hybridized carbons (Fsp3) is 0.667. The van der Waals surface area contributed by atoms with Crippen LogP contribution in [0.1, 0.15) is 31.9 Å². The molecular formula is C9H12N4. The Hall–Kier alpha value is -1.37. The first-order chi connectivity index (χ1) is 6.30. The van der Waals surface area contributed by atoms with Crippen molar-refractivity contribution in [2.45, 2.75) is 38.1 Å². The van der Waals surface area contributed by atoms with Crippen LogP contribution in [0.2, 0.25) is 0 Å². The lowest BCUT2D eigenvalue weighted by Crippen LogP contribution is -2.32. The van der Waals surface area contributed by atoms with Gasteiger partial charge in [-0.3, -0.25) is 4.68 Å². The van der Waals surface area contributed by atoms with Crippen molar-refractivity contribution in [3.8, 4) is 6.07 Å². The van der Waals surface area contributed by atoms with Gasteiger partial charge < -0.3 is 0 Å². The molecule has 0 amide bonds. The minimum Gasteiger partial charge on any atom is -0.253 e. The van der Waals surface area contributed by atoms with Gasteiger partial charge in [-0.05, 0) is 26.2 Å². The molecule has 0 spiro atoms. The third-order valence-corrected chi connectivity index (χ3v) is 2.77. The molecule has 0 atom stereocenters. The van der Waals surface area contributed by atoms with E-state index in [0.29, 0.717) is 0 Å². The van der Waals surface area contributed by atoms with Gasteiger partial charge in [0.15, 0.2) is 0 Å². The lowest BCUT2D eigenvalue weighted by molar-refractivity contribution is 0.315. The van der Waals surface area contributed by atoms with Gasteiger partial charge >= 0.3 is 0 Å². The first kappa shape index (κ1) is 8.24. The number of nitriles is 1. The molecule has 1 aliphatic rings. The SMILES string of the molecule is CCn1cc(C2(C#N)CCC2)nn1. The number of hydrogen-bond donors (Lipinski definition) is 0. The van der Waals surface area contributed by atoms with Crippen LogP contribution in [0.4, 0.5) is 0 Å². The van der Waals surface area contributed by atoms with Crippen molar-refractivity contribution in [1.82, 2.24) is 15.0 Å². The molecule has 2 rings (SSSR count). The Labute approximate surface area is 77.2 Å². The smallest absolute Gasteiger partial charge is 0.103 e. The monoisotopic (exact) mass is 176 g/mol. The molecule has 1 aromatic heterocycles. The van der Waals surface area contributed by atoms with Gasteiger partial charge in [0, 0.05) is 6.54 Å². The molecule has 4 nitrogen and oxygen atoms in total. The zero-order valence-electron chi connectivity index (χ0n) is 7.69. The van der Waals surface area contributed by atoms with E-state index >= 15 is 0 Å². The molecule has 68 valence electrons. The first-order valence-electron chi connectivity index (χ1n) is 4.62. The van der Waals surface area contributed by atoms with Crippen LogP contribution in [0, 0.1) is 11.3 Å². The summed E-state index contributed by atoms with van der Waals surface area (Å²) in [4.78, 5) is 0. The van der Waals surface area contributed by atoms with Crippen LogP contribution in [0.3, 0.4) is 0 Å². The highest BCUT2D eigenvalue weighted by Crippen LogP contribution is 2.41. The third kappa shape index (κ3) is 1.12. The summed E-state index contributed by atoms with van der Waals surface area (Å²) >= 11 is 0. The average molecular weight is 176 g/mol. The van der Waals surface area contributed by atoms with Crippen LogP contribution in [0.25, 0.3) is 0 Å². The minimum absolute atomic E-state index is 0.312. The molecule has 1 fully saturated rings. The Morgan fingerprint density at radius 2 is 2.46 bits per heavy atom. The molecule has 1 heterocycles. The Balaban J connectivity index is 2.29. The van der Waals surface area contributed by atoms with Crippen LogP contribution in [0.15, 0.2) is 6.20 Å². The summed E-state index contributed by atoms with van der Waals surface area (Å²) in [5.41, 5.74) is 0.538. The van der Waals surface area contributed by atoms with Crippen LogP contribution < -0.4 is 0 Å². The molecule has 1 saturated carbocycles. The number of hydrogen-bond acceptors (Lipinski definition) is 3. The van der Waals surface area contributed by atoms with E-state index in [4.69, 9.17) is 5.26 Å². The molecule has 4 heteroatoms. The van der Waals surface area contributed by atoms with Crippen molar-refractivity contribution in [3.05, 3.63) is 11.9 Å². The molecule has 0 unspecified atom stereocenters. The highest BCUT2D eigenvalue weighted by atomic mass is 15.4. The van der Waals surface area contributed by atoms with Crippen molar-refractivity contribution in [3.63, 3.8) is 0 Å². The largest absolute Gasteiger partial charge is 0.253 e. The maximum absolute atomic E-state index is 9.04. The van der Waals surface area contributed by atoms with E-state index in [2.05, 4.69) is 16.4 Å². The summed E-state index contributed by atoms with van der Waals surface area (Å²) in [6, 6.07) is 2.35. The summed E-state index contributed by atoms with van der Waals surface area (Å²) < 4.78 is 1.77. The van der Waals surface area contributed by atoms with Crippen LogP contribution in [-0.2, 0) is 12.0 Å². The Morgan fingerprint density at radius 3 is 2.85 bits per heavy atom. The van der Waals surface area contributed by atoms with Gasteiger partial charge in [0.2, 0.25) is 0 Å². The predicted molar refractivity (Wildman–Crippen MR) is 46.8 cm³/mol. The van der Waals surface area contributed by atoms with Crippen molar-refractivity contribution in [2.75, 3.05) is 0 Å². The second-order valence-corrected chi connectivity index (χ2v) is 3.51. The molecule has 0 N–H and O–H groups in total. The van der Waals surface area contributed by atoms with Crippen molar-refractivity contribution >= 4 is 0 Å². The highest BCUT2D eigenvalue weighted by Gasteiger charge is 2.41. The number of aromatic nitrogens is 3. The first-order valence-corrected chi connectivity index (χ1v) is 4.62. The lowest BCUT2D eigenvalue weighted by atomic mass is 9.68. The average Bonchev–Trinajstić information content (AvgIpc) is 2.52. The molecule has 0 saturated heterocycles. The summed E-state index contributed by atoms with van der Waals surface area (Å²) in [7, 11) is 0. The molecule has 0 aliphatic heterocycles. The van der Waals surface area contributed by atoms with Crippen LogP contribution in [-0.4, -0.2) is 15.0 Å². The van der Waals surface area contributed by atoms with Crippen LogP contribution in [0.5, 0.6) is 0 Å². The molecule has 1 aromatic rings. The molecule has 0 bridgehead atoms. The van der Waals surface area contributed by atoms with E-state index in [-0.39, 0.29) is 5.41 Å². The van der Waals surface area contributed by atoms with Gasteiger partial charge in [0.25, 0.3) is 0 Å². The Kier molecular flexibility index (Phi) is 1.80. The molecule has 1 aliphatic carbocycles. The van der Waals surface area contributed by atoms with E-state index < -0.39 is 0 Å². The number of nitrogens with zero attached hydrogens (tertiary/aromatic N) is 4. The molecule has 0 aromatic carbocycles. The normalized spacial score (nSPS) is 19.1. The molecular weight excluding hydrogens is 164 g/mol. The van der Waals surface area contributed by atoms with Crippen molar-refractivity contribution in [2.24, 2.45) is 0 Å². The standard InChI is InChI=1S/C9H12N4/c1-2-13-6-8(11-12-13)9(7-10)4-3-5-9/h6H,2-5H2,1H3. The fourth-order valence-electron chi connectivity index (χ4n) is 1.63. The van der Waals surface area contributed by atoms with E-state index in [0.717, 1.165) is 31.5 Å². The van der Waals surface area contributed by atoms with Gasteiger partial charge in [0.05, 0.1) is 12.3 Å². The van der Waals surface area contributed by atoms with Gasteiger partial charge in [-0.1, -0.05) is 5.21 Å². The molecule has 0 radical (unpaired) electrons. The van der Waals surface area contributed by atoms with Crippen molar-refractivity contribution < 1.29 is 0 Å². The summed E-state index contributed by atoms with van der Waals surface area (Å²) in [5.74, 6) is 0. The third-order valence-electron chi connectivity index (χ3n) is 2.77. The zero-order valence-corrected chi connectivity index (χ0v) is 7.69. The quantitative estimate of drug-likeness (QED) is 0.681. The van der Waals surface area contributed by atoms with E-state index in [1.807, 2.05) is 13.1 Å². The summed E-state index contributed by atoms with van der Waals surface area (Å²) in [5, 5.41) is 17.0. The van der Waals surface area contributed by atoms with Gasteiger partial charge in [0.1, 0.15) is 11.1 Å². The van der Waals surface area contributed by atoms with Gasteiger partial charge in [-0.15, -0.1) is 5.10 Å². The fourth-order valence-corrected chi connectivity index (χ4v) is 1.63. The Morgan fingerprint density at radius 1 is 1.69 bits per heavy atom. The highest BCUT2D eigenvalue weighted by molar-refractivity contribution is 5.27. The maximum Gasteiger partial charge on any atom is 0.103 e. The minimum atomic E-state index is -0.312. The Bertz CT molecular complexity index is 343. The zero-order chi connectivity index (χ0) is 9.31. The van der Waals surface area contributed by atoms with Crippen LogP contribution >= 0.6 is 0 Å². The van der Waals surface area contributed by atoms with E-state index in [1.54, 1.807) is 4.68 Å². The molecule has 13 heavy (non-hydrogen) atoms. The maximum atomic E-state index is 9.04. The van der Waals surface area contributed by atoms with E-state index in [1.165, 1.54) is 0 Å².